The maximum absolute atomic E-state index is 12.1. The molecule has 1 amide bonds. The van der Waals surface area contributed by atoms with E-state index in [4.69, 9.17) is 5.26 Å². The van der Waals surface area contributed by atoms with Gasteiger partial charge in [-0.25, -0.2) is 0 Å². The zero-order valence-corrected chi connectivity index (χ0v) is 13.8. The van der Waals surface area contributed by atoms with Crippen LogP contribution in [0, 0.1) is 11.3 Å². The van der Waals surface area contributed by atoms with E-state index in [9.17, 15) is 4.79 Å². The molecule has 1 aromatic carbocycles. The molecule has 1 atom stereocenters. The van der Waals surface area contributed by atoms with Crippen molar-refractivity contribution < 1.29 is 4.79 Å². The number of carbonyl (C=O) groups excluding carboxylic acids is 1. The number of nitriles is 1. The Labute approximate surface area is 135 Å². The van der Waals surface area contributed by atoms with Crippen LogP contribution in [0.4, 0.5) is 5.69 Å². The van der Waals surface area contributed by atoms with Crippen molar-refractivity contribution in [2.75, 3.05) is 11.6 Å². The summed E-state index contributed by atoms with van der Waals surface area (Å²) in [6, 6.07) is 8.88. The highest BCUT2D eigenvalue weighted by Gasteiger charge is 2.17. The molecule has 0 saturated carbocycles. The molecule has 2 rings (SSSR count). The molecular formula is C13H12N4OS3. The quantitative estimate of drug-likeness (QED) is 0.844. The van der Waals surface area contributed by atoms with Gasteiger partial charge in [-0.2, -0.15) is 5.26 Å². The van der Waals surface area contributed by atoms with Crippen LogP contribution in [-0.2, 0) is 4.79 Å². The number of aromatic nitrogens is 2. The molecule has 0 bridgehead atoms. The molecule has 0 fully saturated rings. The Morgan fingerprint density at radius 3 is 2.86 bits per heavy atom. The summed E-state index contributed by atoms with van der Waals surface area (Å²) in [6.07, 6.45) is 1.94. The Balaban J connectivity index is 1.97. The zero-order valence-electron chi connectivity index (χ0n) is 11.4. The first kappa shape index (κ1) is 15.8. The van der Waals surface area contributed by atoms with Gasteiger partial charge < -0.3 is 5.32 Å². The second kappa shape index (κ2) is 7.45. The van der Waals surface area contributed by atoms with Gasteiger partial charge in [0.2, 0.25) is 5.91 Å². The van der Waals surface area contributed by atoms with Crippen molar-refractivity contribution in [2.24, 2.45) is 0 Å². The van der Waals surface area contributed by atoms with Crippen molar-refractivity contribution in [3.63, 3.8) is 0 Å². The van der Waals surface area contributed by atoms with Crippen LogP contribution in [0.15, 0.2) is 32.9 Å². The lowest BCUT2D eigenvalue weighted by Gasteiger charge is -2.10. The van der Waals surface area contributed by atoms with Crippen molar-refractivity contribution in [3.8, 4) is 6.07 Å². The van der Waals surface area contributed by atoms with Gasteiger partial charge in [-0.3, -0.25) is 4.79 Å². The molecule has 1 unspecified atom stereocenters. The number of hydrogen-bond acceptors (Lipinski definition) is 7. The summed E-state index contributed by atoms with van der Waals surface area (Å²) >= 11 is 4.38. The van der Waals surface area contributed by atoms with Crippen molar-refractivity contribution in [3.05, 3.63) is 29.8 Å². The van der Waals surface area contributed by atoms with Gasteiger partial charge in [-0.1, -0.05) is 40.9 Å². The summed E-state index contributed by atoms with van der Waals surface area (Å²) in [5.41, 5.74) is 1.13. The van der Waals surface area contributed by atoms with E-state index < -0.39 is 0 Å². The summed E-state index contributed by atoms with van der Waals surface area (Å²) in [6.45, 7) is 1.81. The molecule has 1 heterocycles. The molecule has 2 aromatic rings. The van der Waals surface area contributed by atoms with E-state index >= 15 is 0 Å². The largest absolute Gasteiger partial charge is 0.325 e. The van der Waals surface area contributed by atoms with E-state index in [2.05, 4.69) is 15.5 Å². The van der Waals surface area contributed by atoms with Gasteiger partial charge in [0.05, 0.1) is 16.9 Å². The third-order valence-corrected chi connectivity index (χ3v) is 5.55. The Morgan fingerprint density at radius 1 is 1.43 bits per heavy atom. The average molecular weight is 336 g/mol. The van der Waals surface area contributed by atoms with Gasteiger partial charge >= 0.3 is 0 Å². The summed E-state index contributed by atoms with van der Waals surface area (Å²) < 4.78 is 1.65. The zero-order chi connectivity index (χ0) is 15.2. The summed E-state index contributed by atoms with van der Waals surface area (Å²) in [5, 5.41) is 19.4. The average Bonchev–Trinajstić information content (AvgIpc) is 2.95. The Kier molecular flexibility index (Phi) is 5.61. The van der Waals surface area contributed by atoms with Crippen molar-refractivity contribution in [1.82, 2.24) is 10.2 Å². The third-order valence-electron chi connectivity index (χ3n) is 2.47. The fraction of sp³-hybridized carbons (Fsp3) is 0.231. The predicted molar refractivity (Wildman–Crippen MR) is 86.8 cm³/mol. The van der Waals surface area contributed by atoms with Crippen LogP contribution in [0.25, 0.3) is 0 Å². The Hall–Kier alpha value is -1.56. The van der Waals surface area contributed by atoms with E-state index in [0.717, 1.165) is 8.68 Å². The lowest BCUT2D eigenvalue weighted by atomic mass is 10.2. The number of nitrogens with one attached hydrogen (secondary N) is 1. The second-order valence-corrected chi connectivity index (χ2v) is 7.60. The molecule has 0 aliphatic heterocycles. The first-order valence-electron chi connectivity index (χ1n) is 5.97. The normalized spacial score (nSPS) is 11.7. The van der Waals surface area contributed by atoms with E-state index in [1.807, 2.05) is 19.2 Å². The van der Waals surface area contributed by atoms with Crippen molar-refractivity contribution in [1.29, 1.82) is 5.26 Å². The molecule has 108 valence electrons. The molecule has 0 aliphatic rings. The number of nitrogens with zero attached hydrogens (tertiary/aromatic N) is 3. The molecule has 0 radical (unpaired) electrons. The summed E-state index contributed by atoms with van der Waals surface area (Å²) in [5.74, 6) is -0.129. The van der Waals surface area contributed by atoms with Crippen LogP contribution < -0.4 is 5.32 Å². The fourth-order valence-corrected chi connectivity index (χ4v) is 4.02. The standard InChI is InChI=1S/C13H12N4OS3/c1-8(20-13-17-16-12(19-2)21-13)11(18)15-10-5-3-4-9(6-10)7-14/h3-6,8H,1-2H3,(H,15,18). The lowest BCUT2D eigenvalue weighted by Crippen LogP contribution is -2.22. The smallest absolute Gasteiger partial charge is 0.237 e. The minimum atomic E-state index is -0.293. The number of carbonyl (C=O) groups is 1. The lowest BCUT2D eigenvalue weighted by molar-refractivity contribution is -0.115. The number of amides is 1. The molecule has 5 nitrogen and oxygen atoms in total. The van der Waals surface area contributed by atoms with Gasteiger partial charge in [0, 0.05) is 5.69 Å². The first-order valence-corrected chi connectivity index (χ1v) is 8.89. The van der Waals surface area contributed by atoms with E-state index in [0.29, 0.717) is 11.3 Å². The number of anilines is 1. The Morgan fingerprint density at radius 2 is 2.19 bits per heavy atom. The molecule has 8 heteroatoms. The molecule has 0 spiro atoms. The second-order valence-electron chi connectivity index (χ2n) is 3.98. The highest BCUT2D eigenvalue weighted by molar-refractivity contribution is 8.03. The van der Waals surface area contributed by atoms with Gasteiger partial charge in [0.25, 0.3) is 0 Å². The fourth-order valence-electron chi connectivity index (χ4n) is 1.44. The summed E-state index contributed by atoms with van der Waals surface area (Å²) in [7, 11) is 0. The third kappa shape index (κ3) is 4.46. The van der Waals surface area contributed by atoms with Crippen LogP contribution in [0.2, 0.25) is 0 Å². The molecule has 0 saturated heterocycles. The number of hydrogen-bond donors (Lipinski definition) is 1. The van der Waals surface area contributed by atoms with Crippen LogP contribution >= 0.6 is 34.9 Å². The molecular weight excluding hydrogens is 324 g/mol. The maximum atomic E-state index is 12.1. The van der Waals surface area contributed by atoms with E-state index in [-0.39, 0.29) is 11.2 Å². The first-order chi connectivity index (χ1) is 10.1. The van der Waals surface area contributed by atoms with Gasteiger partial charge in [-0.05, 0) is 31.4 Å². The highest BCUT2D eigenvalue weighted by atomic mass is 32.2. The number of benzene rings is 1. The van der Waals surface area contributed by atoms with Crippen LogP contribution in [0.1, 0.15) is 12.5 Å². The molecule has 1 N–H and O–H groups in total. The Bertz CT molecular complexity index is 680. The van der Waals surface area contributed by atoms with Gasteiger partial charge in [0.1, 0.15) is 0 Å². The minimum Gasteiger partial charge on any atom is -0.325 e. The highest BCUT2D eigenvalue weighted by Crippen LogP contribution is 2.30. The minimum absolute atomic E-state index is 0.129. The van der Waals surface area contributed by atoms with Crippen molar-refractivity contribution >= 4 is 46.5 Å². The van der Waals surface area contributed by atoms with Gasteiger partial charge in [-0.15, -0.1) is 10.2 Å². The van der Waals surface area contributed by atoms with Crippen LogP contribution in [0.3, 0.4) is 0 Å². The predicted octanol–water partition coefficient (Wildman–Crippen LogP) is 3.25. The summed E-state index contributed by atoms with van der Waals surface area (Å²) in [4.78, 5) is 12.1. The number of thioether (sulfide) groups is 2. The SMILES string of the molecule is CSc1nnc(SC(C)C(=O)Nc2cccc(C#N)c2)s1. The van der Waals surface area contributed by atoms with Crippen molar-refractivity contribution in [2.45, 2.75) is 20.9 Å². The van der Waals surface area contributed by atoms with E-state index in [1.54, 1.807) is 24.3 Å². The number of rotatable bonds is 5. The molecule has 1 aromatic heterocycles. The van der Waals surface area contributed by atoms with E-state index in [1.165, 1.54) is 34.9 Å². The maximum Gasteiger partial charge on any atom is 0.237 e. The molecule has 21 heavy (non-hydrogen) atoms. The molecule has 0 aliphatic carbocycles. The van der Waals surface area contributed by atoms with Crippen LogP contribution in [-0.4, -0.2) is 27.6 Å². The van der Waals surface area contributed by atoms with Gasteiger partial charge in [0.15, 0.2) is 8.68 Å². The monoisotopic (exact) mass is 336 g/mol. The van der Waals surface area contributed by atoms with Crippen LogP contribution in [0.5, 0.6) is 0 Å². The topological polar surface area (TPSA) is 78.7 Å².